The van der Waals surface area contributed by atoms with Gasteiger partial charge in [0.05, 0.1) is 18.7 Å². The summed E-state index contributed by atoms with van der Waals surface area (Å²) in [6, 6.07) is 6.24. The number of hydrogen-bond acceptors (Lipinski definition) is 4. The van der Waals surface area contributed by atoms with E-state index in [1.54, 1.807) is 11.3 Å². The van der Waals surface area contributed by atoms with Gasteiger partial charge in [-0.1, -0.05) is 6.07 Å². The quantitative estimate of drug-likeness (QED) is 0.736. The number of aryl methyl sites for hydroxylation is 1. The predicted octanol–water partition coefficient (Wildman–Crippen LogP) is 2.99. The SMILES string of the molecule is Cc1cc(C(=O)N2CCCN(CC(=O)N3CCCC3)CC2)c(C)n1Cc1cccs1. The monoisotopic (exact) mass is 428 g/mol. The lowest BCUT2D eigenvalue weighted by Crippen LogP contribution is -2.41. The van der Waals surface area contributed by atoms with Crippen molar-refractivity contribution in [2.24, 2.45) is 0 Å². The molecule has 7 heteroatoms. The van der Waals surface area contributed by atoms with Crippen molar-refractivity contribution in [3.63, 3.8) is 0 Å². The normalized spacial score (nSPS) is 18.1. The minimum Gasteiger partial charge on any atom is -0.343 e. The van der Waals surface area contributed by atoms with E-state index >= 15 is 0 Å². The minimum atomic E-state index is 0.119. The summed E-state index contributed by atoms with van der Waals surface area (Å²) in [5, 5.41) is 2.09. The fourth-order valence-corrected chi connectivity index (χ4v) is 5.27. The molecular weight excluding hydrogens is 396 g/mol. The molecule has 2 aliphatic heterocycles. The molecule has 0 radical (unpaired) electrons. The Hall–Kier alpha value is -2.12. The van der Waals surface area contributed by atoms with Gasteiger partial charge in [-0.05, 0) is 50.6 Å². The number of hydrogen-bond donors (Lipinski definition) is 0. The Kier molecular flexibility index (Phi) is 6.58. The summed E-state index contributed by atoms with van der Waals surface area (Å²) in [5.74, 6) is 0.359. The number of thiophene rings is 1. The van der Waals surface area contributed by atoms with Gasteiger partial charge < -0.3 is 14.4 Å². The fourth-order valence-electron chi connectivity index (χ4n) is 4.58. The van der Waals surface area contributed by atoms with Crippen LogP contribution < -0.4 is 0 Å². The van der Waals surface area contributed by atoms with Crippen molar-refractivity contribution in [3.8, 4) is 0 Å². The van der Waals surface area contributed by atoms with Crippen molar-refractivity contribution in [3.05, 3.63) is 45.4 Å². The third-order valence-electron chi connectivity index (χ3n) is 6.39. The summed E-state index contributed by atoms with van der Waals surface area (Å²) < 4.78 is 2.23. The van der Waals surface area contributed by atoms with Crippen LogP contribution in [0.2, 0.25) is 0 Å². The third-order valence-corrected chi connectivity index (χ3v) is 7.25. The Morgan fingerprint density at radius 1 is 0.967 bits per heavy atom. The second-order valence-corrected chi connectivity index (χ2v) is 9.49. The largest absolute Gasteiger partial charge is 0.343 e. The van der Waals surface area contributed by atoms with E-state index in [0.717, 1.165) is 75.5 Å². The number of rotatable bonds is 5. The maximum absolute atomic E-state index is 13.3. The van der Waals surface area contributed by atoms with Crippen LogP contribution in [0.5, 0.6) is 0 Å². The number of carbonyl (C=O) groups is 2. The molecule has 0 unspecified atom stereocenters. The fraction of sp³-hybridized carbons (Fsp3) is 0.565. The van der Waals surface area contributed by atoms with Crippen LogP contribution in [0.3, 0.4) is 0 Å². The zero-order chi connectivity index (χ0) is 21.1. The van der Waals surface area contributed by atoms with Gasteiger partial charge in [0.1, 0.15) is 0 Å². The van der Waals surface area contributed by atoms with Crippen molar-refractivity contribution < 1.29 is 9.59 Å². The van der Waals surface area contributed by atoms with Crippen LogP contribution in [0.15, 0.2) is 23.6 Å². The molecule has 4 heterocycles. The van der Waals surface area contributed by atoms with Gasteiger partial charge in [-0.25, -0.2) is 0 Å². The molecule has 162 valence electrons. The average Bonchev–Trinajstić information content (AvgIpc) is 3.46. The van der Waals surface area contributed by atoms with Crippen LogP contribution >= 0.6 is 11.3 Å². The summed E-state index contributed by atoms with van der Waals surface area (Å²) in [5.41, 5.74) is 2.97. The highest BCUT2D eigenvalue weighted by molar-refractivity contribution is 7.09. The van der Waals surface area contributed by atoms with Crippen LogP contribution in [0.1, 0.15) is 45.9 Å². The summed E-state index contributed by atoms with van der Waals surface area (Å²) in [7, 11) is 0. The van der Waals surface area contributed by atoms with E-state index in [1.807, 2.05) is 22.8 Å². The summed E-state index contributed by atoms with van der Waals surface area (Å²) in [4.78, 5) is 33.2. The molecule has 2 aliphatic rings. The number of amides is 2. The Balaban J connectivity index is 1.38. The van der Waals surface area contributed by atoms with Crippen molar-refractivity contribution >= 4 is 23.2 Å². The molecule has 4 rings (SSSR count). The van der Waals surface area contributed by atoms with Crippen LogP contribution in [-0.4, -0.2) is 76.9 Å². The van der Waals surface area contributed by atoms with Gasteiger partial charge in [0.2, 0.25) is 5.91 Å². The van der Waals surface area contributed by atoms with E-state index in [2.05, 4.69) is 33.9 Å². The van der Waals surface area contributed by atoms with Gasteiger partial charge in [0.15, 0.2) is 0 Å². The molecule has 0 N–H and O–H groups in total. The van der Waals surface area contributed by atoms with E-state index < -0.39 is 0 Å². The summed E-state index contributed by atoms with van der Waals surface area (Å²) in [6.45, 7) is 10.3. The van der Waals surface area contributed by atoms with E-state index in [0.29, 0.717) is 13.1 Å². The molecule has 0 atom stereocenters. The van der Waals surface area contributed by atoms with Gasteiger partial charge in [-0.3, -0.25) is 14.5 Å². The molecule has 30 heavy (non-hydrogen) atoms. The Morgan fingerprint density at radius 2 is 1.73 bits per heavy atom. The average molecular weight is 429 g/mol. The zero-order valence-corrected chi connectivity index (χ0v) is 18.9. The first-order valence-corrected chi connectivity index (χ1v) is 11.9. The van der Waals surface area contributed by atoms with Gasteiger partial charge >= 0.3 is 0 Å². The van der Waals surface area contributed by atoms with E-state index in [4.69, 9.17) is 0 Å². The first-order valence-electron chi connectivity index (χ1n) is 11.0. The molecule has 2 fully saturated rings. The van der Waals surface area contributed by atoms with Gasteiger partial charge in [0.25, 0.3) is 5.91 Å². The Morgan fingerprint density at radius 3 is 2.47 bits per heavy atom. The van der Waals surface area contributed by atoms with Crippen molar-refractivity contribution in [2.45, 2.75) is 39.7 Å². The molecule has 6 nitrogen and oxygen atoms in total. The van der Waals surface area contributed by atoms with Gasteiger partial charge in [-0.15, -0.1) is 11.3 Å². The van der Waals surface area contributed by atoms with Gasteiger partial charge in [0, 0.05) is 55.5 Å². The second kappa shape index (κ2) is 9.35. The smallest absolute Gasteiger partial charge is 0.255 e. The number of likely N-dealkylation sites (tertiary alicyclic amines) is 1. The highest BCUT2D eigenvalue weighted by Gasteiger charge is 2.26. The number of aromatic nitrogens is 1. The molecule has 0 aromatic carbocycles. The molecule has 0 spiro atoms. The maximum atomic E-state index is 13.3. The van der Waals surface area contributed by atoms with E-state index in [9.17, 15) is 9.59 Å². The van der Waals surface area contributed by atoms with Gasteiger partial charge in [-0.2, -0.15) is 0 Å². The molecule has 0 saturated carbocycles. The standard InChI is InChI=1S/C23H32N4O2S/c1-18-15-21(19(2)27(18)16-20-7-5-14-30-20)23(29)26-11-6-8-24(12-13-26)17-22(28)25-9-3-4-10-25/h5,7,14-15H,3-4,6,8-13,16-17H2,1-2H3. The zero-order valence-electron chi connectivity index (χ0n) is 18.1. The van der Waals surface area contributed by atoms with Crippen molar-refractivity contribution in [2.75, 3.05) is 45.8 Å². The minimum absolute atomic E-state index is 0.119. The molecule has 2 amide bonds. The first kappa shape index (κ1) is 21.1. The molecule has 0 aliphatic carbocycles. The lowest BCUT2D eigenvalue weighted by Gasteiger charge is -2.24. The molecule has 0 bridgehead atoms. The number of nitrogens with zero attached hydrogens (tertiary/aromatic N) is 4. The molecule has 2 saturated heterocycles. The molecular formula is C23H32N4O2S. The molecule has 2 aromatic heterocycles. The van der Waals surface area contributed by atoms with Crippen molar-refractivity contribution in [1.82, 2.24) is 19.3 Å². The van der Waals surface area contributed by atoms with Crippen LogP contribution in [0, 0.1) is 13.8 Å². The Labute approximate surface area is 183 Å². The first-order chi connectivity index (χ1) is 14.5. The lowest BCUT2D eigenvalue weighted by molar-refractivity contribution is -0.131. The predicted molar refractivity (Wildman–Crippen MR) is 120 cm³/mol. The third kappa shape index (κ3) is 4.62. The Bertz CT molecular complexity index is 883. The van der Waals surface area contributed by atoms with E-state index in [-0.39, 0.29) is 11.8 Å². The maximum Gasteiger partial charge on any atom is 0.255 e. The highest BCUT2D eigenvalue weighted by atomic mass is 32.1. The van der Waals surface area contributed by atoms with Crippen LogP contribution in [0.25, 0.3) is 0 Å². The molecule has 2 aromatic rings. The lowest BCUT2D eigenvalue weighted by atomic mass is 10.2. The van der Waals surface area contributed by atoms with E-state index in [1.165, 1.54) is 4.88 Å². The summed E-state index contributed by atoms with van der Waals surface area (Å²) >= 11 is 1.74. The highest BCUT2D eigenvalue weighted by Crippen LogP contribution is 2.21. The van der Waals surface area contributed by atoms with Crippen LogP contribution in [0.4, 0.5) is 0 Å². The second-order valence-electron chi connectivity index (χ2n) is 8.46. The summed E-state index contributed by atoms with van der Waals surface area (Å²) in [6.07, 6.45) is 3.16. The topological polar surface area (TPSA) is 48.8 Å². The van der Waals surface area contributed by atoms with Crippen LogP contribution in [-0.2, 0) is 11.3 Å². The number of carbonyl (C=O) groups excluding carboxylic acids is 2. The van der Waals surface area contributed by atoms with Crippen molar-refractivity contribution in [1.29, 1.82) is 0 Å².